The van der Waals surface area contributed by atoms with E-state index in [0.29, 0.717) is 17.6 Å². The van der Waals surface area contributed by atoms with E-state index in [1.165, 1.54) is 19.3 Å². The van der Waals surface area contributed by atoms with E-state index < -0.39 is 0 Å². The van der Waals surface area contributed by atoms with E-state index in [1.807, 2.05) is 6.07 Å². The Bertz CT molecular complexity index is 366. The Morgan fingerprint density at radius 1 is 1.39 bits per heavy atom. The van der Waals surface area contributed by atoms with Crippen molar-refractivity contribution in [1.29, 1.82) is 0 Å². The van der Waals surface area contributed by atoms with Gasteiger partial charge in [0.2, 0.25) is 0 Å². The monoisotopic (exact) mass is 269 g/mol. The summed E-state index contributed by atoms with van der Waals surface area (Å²) in [5.74, 6) is 0.978. The summed E-state index contributed by atoms with van der Waals surface area (Å²) in [4.78, 5) is 6.74. The van der Waals surface area contributed by atoms with Crippen molar-refractivity contribution in [2.24, 2.45) is 5.73 Å². The zero-order chi connectivity index (χ0) is 13.5. The molecule has 0 aliphatic heterocycles. The van der Waals surface area contributed by atoms with Gasteiger partial charge in [-0.3, -0.25) is 0 Å². The molecule has 4 heteroatoms. The van der Waals surface area contributed by atoms with E-state index in [9.17, 15) is 0 Å². The average Bonchev–Trinajstić information content (AvgIpc) is 2.35. The molecule has 1 rings (SSSR count). The summed E-state index contributed by atoms with van der Waals surface area (Å²) in [5, 5.41) is 0.651. The first-order valence-corrected chi connectivity index (χ1v) is 7.09. The third kappa shape index (κ3) is 4.14. The third-order valence-corrected chi connectivity index (χ3v) is 3.40. The van der Waals surface area contributed by atoms with Gasteiger partial charge in [-0.2, -0.15) is 0 Å². The SMILES string of the molecule is CCCCCN(c1cc(CN)c(Cl)cn1)C(C)C. The van der Waals surface area contributed by atoms with Crippen LogP contribution in [0.1, 0.15) is 45.6 Å². The Labute approximate surface area is 115 Å². The smallest absolute Gasteiger partial charge is 0.129 e. The molecule has 0 aliphatic rings. The number of hydrogen-bond acceptors (Lipinski definition) is 3. The van der Waals surface area contributed by atoms with Gasteiger partial charge in [0.05, 0.1) is 5.02 Å². The summed E-state index contributed by atoms with van der Waals surface area (Å²) in [6, 6.07) is 2.44. The van der Waals surface area contributed by atoms with Gasteiger partial charge in [-0.15, -0.1) is 0 Å². The Morgan fingerprint density at radius 3 is 2.67 bits per heavy atom. The van der Waals surface area contributed by atoms with Gasteiger partial charge in [-0.1, -0.05) is 31.4 Å². The van der Waals surface area contributed by atoms with E-state index in [4.69, 9.17) is 17.3 Å². The number of hydrogen-bond donors (Lipinski definition) is 1. The number of rotatable bonds is 7. The van der Waals surface area contributed by atoms with Gasteiger partial charge in [-0.25, -0.2) is 4.98 Å². The van der Waals surface area contributed by atoms with Crippen molar-refractivity contribution in [3.8, 4) is 0 Å². The fourth-order valence-electron chi connectivity index (χ4n) is 1.95. The summed E-state index contributed by atoms with van der Waals surface area (Å²) < 4.78 is 0. The lowest BCUT2D eigenvalue weighted by Gasteiger charge is -2.28. The van der Waals surface area contributed by atoms with Gasteiger partial charge in [0.15, 0.2) is 0 Å². The maximum absolute atomic E-state index is 6.05. The number of nitrogens with two attached hydrogens (primary N) is 1. The van der Waals surface area contributed by atoms with Crippen LogP contribution < -0.4 is 10.6 Å². The molecule has 0 spiro atoms. The Hall–Kier alpha value is -0.800. The van der Waals surface area contributed by atoms with Crippen LogP contribution in [0.3, 0.4) is 0 Å². The third-order valence-electron chi connectivity index (χ3n) is 3.06. The molecule has 0 saturated carbocycles. The van der Waals surface area contributed by atoms with Crippen molar-refractivity contribution < 1.29 is 0 Å². The molecule has 102 valence electrons. The fraction of sp³-hybridized carbons (Fsp3) is 0.643. The molecule has 0 unspecified atom stereocenters. The van der Waals surface area contributed by atoms with Crippen molar-refractivity contribution >= 4 is 17.4 Å². The van der Waals surface area contributed by atoms with Gasteiger partial charge in [-0.05, 0) is 31.9 Å². The van der Waals surface area contributed by atoms with Gasteiger partial charge in [0, 0.05) is 25.3 Å². The predicted octanol–water partition coefficient (Wildman–Crippen LogP) is 3.60. The van der Waals surface area contributed by atoms with Crippen molar-refractivity contribution in [1.82, 2.24) is 4.98 Å². The molecule has 0 saturated heterocycles. The molecule has 18 heavy (non-hydrogen) atoms. The molecule has 0 bridgehead atoms. The van der Waals surface area contributed by atoms with Crippen LogP contribution in [0, 0.1) is 0 Å². The van der Waals surface area contributed by atoms with Crippen LogP contribution in [0.5, 0.6) is 0 Å². The number of aromatic nitrogens is 1. The Morgan fingerprint density at radius 2 is 2.11 bits per heavy atom. The minimum atomic E-state index is 0.432. The highest BCUT2D eigenvalue weighted by Crippen LogP contribution is 2.22. The lowest BCUT2D eigenvalue weighted by atomic mass is 10.2. The van der Waals surface area contributed by atoms with Crippen LogP contribution in [0.2, 0.25) is 5.02 Å². The van der Waals surface area contributed by atoms with Gasteiger partial charge >= 0.3 is 0 Å². The average molecular weight is 270 g/mol. The van der Waals surface area contributed by atoms with E-state index in [0.717, 1.165) is 17.9 Å². The number of halogens is 1. The first kappa shape index (κ1) is 15.3. The highest BCUT2D eigenvalue weighted by molar-refractivity contribution is 6.31. The normalized spacial score (nSPS) is 11.0. The van der Waals surface area contributed by atoms with Crippen LogP contribution in [0.15, 0.2) is 12.3 Å². The second-order valence-corrected chi connectivity index (χ2v) is 5.24. The van der Waals surface area contributed by atoms with Crippen LogP contribution in [0.4, 0.5) is 5.82 Å². The second kappa shape index (κ2) is 7.59. The maximum atomic E-state index is 6.05. The molecule has 1 aromatic heterocycles. The Balaban J connectivity index is 2.84. The highest BCUT2D eigenvalue weighted by Gasteiger charge is 2.13. The largest absolute Gasteiger partial charge is 0.354 e. The summed E-state index contributed by atoms with van der Waals surface area (Å²) in [7, 11) is 0. The molecule has 0 aliphatic carbocycles. The molecule has 3 nitrogen and oxygen atoms in total. The van der Waals surface area contributed by atoms with Gasteiger partial charge < -0.3 is 10.6 Å². The lowest BCUT2D eigenvalue weighted by molar-refractivity contribution is 0.619. The number of anilines is 1. The molecule has 0 aromatic carbocycles. The van der Waals surface area contributed by atoms with Crippen LogP contribution in [0.25, 0.3) is 0 Å². The van der Waals surface area contributed by atoms with E-state index >= 15 is 0 Å². The van der Waals surface area contributed by atoms with Crippen molar-refractivity contribution in [3.63, 3.8) is 0 Å². The van der Waals surface area contributed by atoms with E-state index in [1.54, 1.807) is 6.20 Å². The molecule has 1 heterocycles. The minimum Gasteiger partial charge on any atom is -0.354 e. The molecular weight excluding hydrogens is 246 g/mol. The standard InChI is InChI=1S/C14H24ClN3/c1-4-5-6-7-18(11(2)3)14-8-12(9-16)13(15)10-17-14/h8,10-11H,4-7,9,16H2,1-3H3. The van der Waals surface area contributed by atoms with Crippen molar-refractivity contribution in [2.75, 3.05) is 11.4 Å². The summed E-state index contributed by atoms with van der Waals surface area (Å²) in [5.41, 5.74) is 6.65. The quantitative estimate of drug-likeness (QED) is 0.769. The molecule has 1 aromatic rings. The second-order valence-electron chi connectivity index (χ2n) is 4.83. The van der Waals surface area contributed by atoms with Crippen LogP contribution in [-0.2, 0) is 6.54 Å². The van der Waals surface area contributed by atoms with Gasteiger partial charge in [0.1, 0.15) is 5.82 Å². The molecule has 0 atom stereocenters. The number of pyridine rings is 1. The summed E-state index contributed by atoms with van der Waals surface area (Å²) in [6.07, 6.45) is 5.37. The molecule has 0 radical (unpaired) electrons. The fourth-order valence-corrected chi connectivity index (χ4v) is 2.13. The number of unbranched alkanes of at least 4 members (excludes halogenated alkanes) is 2. The first-order chi connectivity index (χ1) is 8.60. The summed E-state index contributed by atoms with van der Waals surface area (Å²) in [6.45, 7) is 8.07. The van der Waals surface area contributed by atoms with Crippen LogP contribution in [-0.4, -0.2) is 17.6 Å². The highest BCUT2D eigenvalue weighted by atomic mass is 35.5. The maximum Gasteiger partial charge on any atom is 0.129 e. The Kier molecular flexibility index (Phi) is 6.44. The van der Waals surface area contributed by atoms with Gasteiger partial charge in [0.25, 0.3) is 0 Å². The lowest BCUT2D eigenvalue weighted by Crippen LogP contribution is -2.32. The molecule has 0 amide bonds. The first-order valence-electron chi connectivity index (χ1n) is 6.71. The van der Waals surface area contributed by atoms with E-state index in [-0.39, 0.29) is 0 Å². The zero-order valence-electron chi connectivity index (χ0n) is 11.6. The molecule has 0 fully saturated rings. The molecule has 2 N–H and O–H groups in total. The minimum absolute atomic E-state index is 0.432. The van der Waals surface area contributed by atoms with Crippen LogP contribution >= 0.6 is 11.6 Å². The summed E-state index contributed by atoms with van der Waals surface area (Å²) >= 11 is 6.05. The van der Waals surface area contributed by atoms with Crippen molar-refractivity contribution in [2.45, 2.75) is 52.6 Å². The van der Waals surface area contributed by atoms with E-state index in [2.05, 4.69) is 30.7 Å². The predicted molar refractivity (Wildman–Crippen MR) is 79.1 cm³/mol. The zero-order valence-corrected chi connectivity index (χ0v) is 12.4. The van der Waals surface area contributed by atoms with Crippen molar-refractivity contribution in [3.05, 3.63) is 22.8 Å². The number of nitrogens with zero attached hydrogens (tertiary/aromatic N) is 2. The molecular formula is C14H24ClN3. The topological polar surface area (TPSA) is 42.1 Å².